The Hall–Kier alpha value is -1.55. The molecule has 17 heavy (non-hydrogen) atoms. The van der Waals surface area contributed by atoms with E-state index >= 15 is 0 Å². The minimum Gasteiger partial charge on any atom is -0.396 e. The third-order valence-corrected chi connectivity index (χ3v) is 3.06. The number of hydrogen-bond acceptors (Lipinski definition) is 3. The van der Waals surface area contributed by atoms with Gasteiger partial charge in [0.05, 0.1) is 6.42 Å². The fourth-order valence-electron chi connectivity index (χ4n) is 2.04. The second-order valence-corrected chi connectivity index (χ2v) is 4.42. The maximum absolute atomic E-state index is 11.2. The third kappa shape index (κ3) is 2.77. The van der Waals surface area contributed by atoms with Crippen LogP contribution in [0.2, 0.25) is 0 Å². The van der Waals surface area contributed by atoms with Gasteiger partial charge in [0.2, 0.25) is 5.91 Å². The topological polar surface area (TPSA) is 52.6 Å². The molecule has 1 aliphatic rings. The van der Waals surface area contributed by atoms with Gasteiger partial charge in [0.1, 0.15) is 0 Å². The molecule has 0 fully saturated rings. The Morgan fingerprint density at radius 1 is 1.41 bits per heavy atom. The molecular formula is C13H18N2O2. The van der Waals surface area contributed by atoms with E-state index in [4.69, 9.17) is 5.11 Å². The van der Waals surface area contributed by atoms with E-state index in [9.17, 15) is 4.79 Å². The molecule has 0 aliphatic carbocycles. The van der Waals surface area contributed by atoms with Crippen LogP contribution in [0, 0.1) is 0 Å². The van der Waals surface area contributed by atoms with Crippen molar-refractivity contribution < 1.29 is 9.90 Å². The van der Waals surface area contributed by atoms with Crippen molar-refractivity contribution in [2.75, 3.05) is 30.4 Å². The zero-order valence-corrected chi connectivity index (χ0v) is 10.1. The Morgan fingerprint density at radius 3 is 3.00 bits per heavy atom. The van der Waals surface area contributed by atoms with Crippen LogP contribution in [-0.4, -0.2) is 31.2 Å². The highest BCUT2D eigenvalue weighted by Gasteiger charge is 2.17. The number of aliphatic hydroxyl groups is 1. The van der Waals surface area contributed by atoms with E-state index in [0.717, 1.165) is 36.3 Å². The number of rotatable bonds is 5. The molecule has 1 aromatic rings. The zero-order valence-electron chi connectivity index (χ0n) is 10.1. The Morgan fingerprint density at radius 2 is 2.24 bits per heavy atom. The summed E-state index contributed by atoms with van der Waals surface area (Å²) in [7, 11) is 2.03. The molecule has 0 unspecified atom stereocenters. The second kappa shape index (κ2) is 5.19. The van der Waals surface area contributed by atoms with Crippen molar-refractivity contribution in [2.45, 2.75) is 19.3 Å². The highest BCUT2D eigenvalue weighted by Crippen LogP contribution is 2.27. The summed E-state index contributed by atoms with van der Waals surface area (Å²) in [6, 6.07) is 6.04. The molecule has 4 heteroatoms. The second-order valence-electron chi connectivity index (χ2n) is 4.42. The van der Waals surface area contributed by atoms with E-state index < -0.39 is 0 Å². The Balaban J connectivity index is 2.02. The number of aliphatic hydroxyl groups excluding tert-OH is 1. The predicted octanol–water partition coefficient (Wildman–Crippen LogP) is 1.39. The first kappa shape index (κ1) is 11.9. The van der Waals surface area contributed by atoms with Crippen LogP contribution in [0.3, 0.4) is 0 Å². The highest BCUT2D eigenvalue weighted by molar-refractivity contribution is 5.99. The van der Waals surface area contributed by atoms with Gasteiger partial charge in [-0.2, -0.15) is 0 Å². The first-order chi connectivity index (χ1) is 8.20. The summed E-state index contributed by atoms with van der Waals surface area (Å²) in [5.41, 5.74) is 3.13. The molecule has 0 saturated heterocycles. The SMILES string of the molecule is CN(CCCCO)c1ccc2c(c1)CC(=O)N2. The Bertz CT molecular complexity index is 418. The number of fused-ring (bicyclic) bond motifs is 1. The number of carbonyl (C=O) groups excluding carboxylic acids is 1. The summed E-state index contributed by atoms with van der Waals surface area (Å²) in [4.78, 5) is 13.4. The number of anilines is 2. The lowest BCUT2D eigenvalue weighted by atomic mass is 10.1. The monoisotopic (exact) mass is 234 g/mol. The van der Waals surface area contributed by atoms with Gasteiger partial charge >= 0.3 is 0 Å². The van der Waals surface area contributed by atoms with Crippen LogP contribution in [0.15, 0.2) is 18.2 Å². The average molecular weight is 234 g/mol. The molecule has 4 nitrogen and oxygen atoms in total. The van der Waals surface area contributed by atoms with Crippen LogP contribution in [-0.2, 0) is 11.2 Å². The molecule has 1 aromatic carbocycles. The lowest BCUT2D eigenvalue weighted by Gasteiger charge is -2.19. The van der Waals surface area contributed by atoms with Gasteiger partial charge in [-0.25, -0.2) is 0 Å². The molecule has 0 radical (unpaired) electrons. The number of carbonyl (C=O) groups is 1. The molecule has 92 valence electrons. The normalized spacial score (nSPS) is 13.4. The summed E-state index contributed by atoms with van der Waals surface area (Å²) in [5.74, 6) is 0.0695. The van der Waals surface area contributed by atoms with Gasteiger partial charge in [0.25, 0.3) is 0 Å². The Labute approximate surface area is 101 Å². The summed E-state index contributed by atoms with van der Waals surface area (Å²) < 4.78 is 0. The fourth-order valence-corrected chi connectivity index (χ4v) is 2.04. The van der Waals surface area contributed by atoms with Crippen molar-refractivity contribution in [1.82, 2.24) is 0 Å². The predicted molar refractivity (Wildman–Crippen MR) is 68.4 cm³/mol. The van der Waals surface area contributed by atoms with Gasteiger partial charge in [0, 0.05) is 31.6 Å². The van der Waals surface area contributed by atoms with Crippen LogP contribution in [0.5, 0.6) is 0 Å². The van der Waals surface area contributed by atoms with E-state index in [1.165, 1.54) is 0 Å². The molecule has 2 rings (SSSR count). The van der Waals surface area contributed by atoms with E-state index in [0.29, 0.717) is 6.42 Å². The van der Waals surface area contributed by atoms with E-state index in [1.807, 2.05) is 19.2 Å². The average Bonchev–Trinajstić information content (AvgIpc) is 2.68. The number of unbranched alkanes of at least 4 members (excludes halogenated alkanes) is 1. The largest absolute Gasteiger partial charge is 0.396 e. The van der Waals surface area contributed by atoms with Gasteiger partial charge in [-0.15, -0.1) is 0 Å². The first-order valence-electron chi connectivity index (χ1n) is 5.95. The van der Waals surface area contributed by atoms with Gasteiger partial charge in [-0.3, -0.25) is 4.79 Å². The lowest BCUT2D eigenvalue weighted by molar-refractivity contribution is -0.115. The lowest BCUT2D eigenvalue weighted by Crippen LogP contribution is -2.18. The number of nitrogens with zero attached hydrogens (tertiary/aromatic N) is 1. The molecule has 0 saturated carbocycles. The van der Waals surface area contributed by atoms with Crippen molar-refractivity contribution in [1.29, 1.82) is 0 Å². The molecule has 0 atom stereocenters. The summed E-state index contributed by atoms with van der Waals surface area (Å²) in [5, 5.41) is 11.6. The van der Waals surface area contributed by atoms with E-state index in [-0.39, 0.29) is 12.5 Å². The summed E-state index contributed by atoms with van der Waals surface area (Å²) in [6.45, 7) is 1.16. The Kier molecular flexibility index (Phi) is 3.64. The van der Waals surface area contributed by atoms with Gasteiger partial charge in [0.15, 0.2) is 0 Å². The van der Waals surface area contributed by atoms with Gasteiger partial charge < -0.3 is 15.3 Å². The van der Waals surface area contributed by atoms with Crippen LogP contribution in [0.1, 0.15) is 18.4 Å². The fraction of sp³-hybridized carbons (Fsp3) is 0.462. The minimum absolute atomic E-state index is 0.0695. The van der Waals surface area contributed by atoms with Gasteiger partial charge in [-0.05, 0) is 36.6 Å². The minimum atomic E-state index is 0.0695. The highest BCUT2D eigenvalue weighted by atomic mass is 16.2. The molecule has 1 amide bonds. The van der Waals surface area contributed by atoms with Crippen molar-refractivity contribution in [3.8, 4) is 0 Å². The van der Waals surface area contributed by atoms with E-state index in [2.05, 4.69) is 16.3 Å². The number of amides is 1. The van der Waals surface area contributed by atoms with Crippen LogP contribution < -0.4 is 10.2 Å². The number of benzene rings is 1. The summed E-state index contributed by atoms with van der Waals surface area (Å²) >= 11 is 0. The molecule has 0 bridgehead atoms. The van der Waals surface area contributed by atoms with Crippen LogP contribution in [0.25, 0.3) is 0 Å². The third-order valence-electron chi connectivity index (χ3n) is 3.06. The maximum atomic E-state index is 11.2. The van der Waals surface area contributed by atoms with Crippen molar-refractivity contribution in [3.05, 3.63) is 23.8 Å². The molecule has 0 aromatic heterocycles. The molecule has 1 aliphatic heterocycles. The van der Waals surface area contributed by atoms with Crippen molar-refractivity contribution in [2.24, 2.45) is 0 Å². The van der Waals surface area contributed by atoms with Crippen LogP contribution >= 0.6 is 0 Å². The van der Waals surface area contributed by atoms with Crippen molar-refractivity contribution >= 4 is 17.3 Å². The molecule has 1 heterocycles. The molecule has 0 spiro atoms. The molecular weight excluding hydrogens is 216 g/mol. The molecule has 2 N–H and O–H groups in total. The number of nitrogens with one attached hydrogen (secondary N) is 1. The smallest absolute Gasteiger partial charge is 0.228 e. The maximum Gasteiger partial charge on any atom is 0.228 e. The van der Waals surface area contributed by atoms with Gasteiger partial charge in [-0.1, -0.05) is 0 Å². The van der Waals surface area contributed by atoms with E-state index in [1.54, 1.807) is 0 Å². The quantitative estimate of drug-likeness (QED) is 0.757. The van der Waals surface area contributed by atoms with Crippen molar-refractivity contribution in [3.63, 3.8) is 0 Å². The number of hydrogen-bond donors (Lipinski definition) is 2. The van der Waals surface area contributed by atoms with Crippen LogP contribution in [0.4, 0.5) is 11.4 Å². The standard InChI is InChI=1S/C13H18N2O2/c1-15(6-2-3-7-16)11-4-5-12-10(8-11)9-13(17)14-12/h4-5,8,16H,2-3,6-7,9H2,1H3,(H,14,17). The first-order valence-corrected chi connectivity index (χ1v) is 5.95. The zero-order chi connectivity index (χ0) is 12.3. The summed E-state index contributed by atoms with van der Waals surface area (Å²) in [6.07, 6.45) is 2.28.